The topological polar surface area (TPSA) is 129 Å². The van der Waals surface area contributed by atoms with Crippen LogP contribution in [0.2, 0.25) is 0 Å². The minimum absolute atomic E-state index is 0.232. The van der Waals surface area contributed by atoms with E-state index in [0.717, 1.165) is 17.6 Å². The van der Waals surface area contributed by atoms with E-state index >= 15 is 0 Å². The largest absolute Gasteiger partial charge is 0.383 e. The number of carbonyl (C=O) groups is 1. The highest BCUT2D eigenvalue weighted by atomic mass is 32.1. The van der Waals surface area contributed by atoms with Crippen LogP contribution < -0.4 is 21.7 Å². The summed E-state index contributed by atoms with van der Waals surface area (Å²) in [6.45, 7) is 0. The number of anilines is 5. The van der Waals surface area contributed by atoms with Gasteiger partial charge >= 0.3 is 6.03 Å². The van der Waals surface area contributed by atoms with Gasteiger partial charge in [0.1, 0.15) is 18.0 Å². The molecule has 2 amide bonds. The van der Waals surface area contributed by atoms with Crippen LogP contribution >= 0.6 is 11.3 Å². The number of nitrogen functional groups attached to an aromatic ring is 1. The number of rotatable bonds is 5. The zero-order chi connectivity index (χ0) is 17.6. The number of nitrogens with one attached hydrogen (secondary N) is 4. The number of aromatic nitrogens is 2. The van der Waals surface area contributed by atoms with Gasteiger partial charge in [-0.3, -0.25) is 0 Å². The number of amides is 2. The van der Waals surface area contributed by atoms with E-state index in [4.69, 9.17) is 11.1 Å². The van der Waals surface area contributed by atoms with Crippen LogP contribution in [-0.2, 0) is 0 Å². The molecule has 0 radical (unpaired) electrons. The number of hydrogen-bond acceptors (Lipinski definition) is 7. The summed E-state index contributed by atoms with van der Waals surface area (Å²) in [6, 6.07) is 8.59. The Kier molecular flexibility index (Phi) is 4.86. The maximum absolute atomic E-state index is 11.9. The molecular formula is C16H15N7OS. The molecule has 8 nitrogen and oxygen atoms in total. The summed E-state index contributed by atoms with van der Waals surface area (Å²) in [6.07, 6.45) is 2.43. The lowest BCUT2D eigenvalue weighted by Crippen LogP contribution is -2.18. The van der Waals surface area contributed by atoms with E-state index < -0.39 is 0 Å². The van der Waals surface area contributed by atoms with Crippen LogP contribution in [0.3, 0.4) is 0 Å². The van der Waals surface area contributed by atoms with Crippen LogP contribution in [0.4, 0.5) is 33.5 Å². The molecule has 0 unspecified atom stereocenters. The molecule has 2 aromatic heterocycles. The van der Waals surface area contributed by atoms with Crippen LogP contribution in [0.1, 0.15) is 5.56 Å². The Bertz CT molecular complexity index is 878. The van der Waals surface area contributed by atoms with Gasteiger partial charge in [-0.05, 0) is 35.7 Å². The van der Waals surface area contributed by atoms with Gasteiger partial charge in [0.2, 0.25) is 0 Å². The van der Waals surface area contributed by atoms with E-state index in [-0.39, 0.29) is 11.8 Å². The predicted octanol–water partition coefficient (Wildman–Crippen LogP) is 3.51. The van der Waals surface area contributed by atoms with E-state index in [1.54, 1.807) is 24.3 Å². The number of nitrogens with two attached hydrogens (primary N) is 1. The van der Waals surface area contributed by atoms with Crippen molar-refractivity contribution < 1.29 is 4.79 Å². The van der Waals surface area contributed by atoms with Gasteiger partial charge in [-0.1, -0.05) is 0 Å². The van der Waals surface area contributed by atoms with Gasteiger partial charge in [-0.15, -0.1) is 0 Å². The number of urea groups is 1. The minimum atomic E-state index is -0.311. The monoisotopic (exact) mass is 353 g/mol. The number of benzene rings is 1. The summed E-state index contributed by atoms with van der Waals surface area (Å²) in [5, 5.41) is 19.7. The summed E-state index contributed by atoms with van der Waals surface area (Å²) >= 11 is 1.51. The molecule has 25 heavy (non-hydrogen) atoms. The highest BCUT2D eigenvalue weighted by molar-refractivity contribution is 7.08. The van der Waals surface area contributed by atoms with Crippen molar-refractivity contribution in [2.24, 2.45) is 0 Å². The average Bonchev–Trinajstić information content (AvgIpc) is 3.10. The fraction of sp³-hybridized carbons (Fsp3) is 0. The molecule has 3 aromatic rings. The third-order valence-corrected chi connectivity index (χ3v) is 3.93. The Labute approximate surface area is 147 Å². The summed E-state index contributed by atoms with van der Waals surface area (Å²) in [5.41, 5.74) is 8.28. The van der Waals surface area contributed by atoms with E-state index in [1.807, 2.05) is 16.8 Å². The maximum atomic E-state index is 11.9. The van der Waals surface area contributed by atoms with Crippen LogP contribution in [0.15, 0.2) is 47.4 Å². The molecule has 0 bridgehead atoms. The lowest BCUT2D eigenvalue weighted by atomic mass is 10.2. The first-order valence-corrected chi connectivity index (χ1v) is 8.18. The second-order valence-electron chi connectivity index (χ2n) is 4.96. The van der Waals surface area contributed by atoms with E-state index in [9.17, 15) is 4.79 Å². The Morgan fingerprint density at radius 3 is 2.48 bits per heavy atom. The van der Waals surface area contributed by atoms with E-state index in [0.29, 0.717) is 17.1 Å². The van der Waals surface area contributed by atoms with Gasteiger partial charge in [0.05, 0.1) is 11.3 Å². The van der Waals surface area contributed by atoms with Crippen LogP contribution in [-0.4, -0.2) is 22.2 Å². The molecule has 0 aliphatic carbocycles. The standard InChI is InChI=1S/C16H15N7OS/c17-7-13-14(18)19-9-20-15(13)21-10-1-3-11(4-2-10)22-16(24)23-12-5-6-25-8-12/h1-9,17H,(H2,22,23,24)(H3,18,19,20,21). The Morgan fingerprint density at radius 1 is 1.08 bits per heavy atom. The first-order chi connectivity index (χ1) is 12.2. The van der Waals surface area contributed by atoms with Crippen LogP contribution in [0, 0.1) is 5.41 Å². The molecule has 0 atom stereocenters. The molecule has 0 spiro atoms. The number of nitrogens with zero attached hydrogens (tertiary/aromatic N) is 2. The molecule has 0 saturated carbocycles. The zero-order valence-corrected chi connectivity index (χ0v) is 13.8. The van der Waals surface area contributed by atoms with E-state index in [2.05, 4.69) is 25.9 Å². The lowest BCUT2D eigenvalue weighted by Gasteiger charge is -2.10. The molecule has 2 heterocycles. The molecule has 0 fully saturated rings. The summed E-state index contributed by atoms with van der Waals surface area (Å²) in [5.74, 6) is 0.675. The van der Waals surface area contributed by atoms with Crippen molar-refractivity contribution in [3.8, 4) is 0 Å². The van der Waals surface area contributed by atoms with E-state index in [1.165, 1.54) is 17.7 Å². The van der Waals surface area contributed by atoms with Crippen LogP contribution in [0.5, 0.6) is 0 Å². The predicted molar refractivity (Wildman–Crippen MR) is 101 cm³/mol. The second kappa shape index (κ2) is 7.41. The van der Waals surface area contributed by atoms with Gasteiger partial charge < -0.3 is 27.1 Å². The highest BCUT2D eigenvalue weighted by Gasteiger charge is 2.07. The first kappa shape index (κ1) is 16.4. The Balaban J connectivity index is 1.65. The Morgan fingerprint density at radius 2 is 1.80 bits per heavy atom. The Hall–Kier alpha value is -3.46. The van der Waals surface area contributed by atoms with Crippen molar-refractivity contribution in [3.05, 3.63) is 53.0 Å². The van der Waals surface area contributed by atoms with Crippen molar-refractivity contribution >= 4 is 52.3 Å². The summed E-state index contributed by atoms with van der Waals surface area (Å²) < 4.78 is 0. The molecule has 0 aliphatic heterocycles. The van der Waals surface area contributed by atoms with Crippen molar-refractivity contribution in [1.29, 1.82) is 5.41 Å². The molecule has 126 valence electrons. The van der Waals surface area contributed by atoms with Gasteiger partial charge in [0, 0.05) is 23.0 Å². The summed E-state index contributed by atoms with van der Waals surface area (Å²) in [7, 11) is 0. The third-order valence-electron chi connectivity index (χ3n) is 3.24. The second-order valence-corrected chi connectivity index (χ2v) is 5.74. The van der Waals surface area contributed by atoms with Crippen LogP contribution in [0.25, 0.3) is 0 Å². The van der Waals surface area contributed by atoms with Crippen molar-refractivity contribution in [2.45, 2.75) is 0 Å². The highest BCUT2D eigenvalue weighted by Crippen LogP contribution is 2.21. The molecular weight excluding hydrogens is 338 g/mol. The fourth-order valence-electron chi connectivity index (χ4n) is 2.05. The number of carbonyl (C=O) groups excluding carboxylic acids is 1. The molecule has 9 heteroatoms. The normalized spacial score (nSPS) is 10.1. The smallest absolute Gasteiger partial charge is 0.323 e. The van der Waals surface area contributed by atoms with Crippen molar-refractivity contribution in [3.63, 3.8) is 0 Å². The van der Waals surface area contributed by atoms with Crippen molar-refractivity contribution in [2.75, 3.05) is 21.7 Å². The molecule has 0 aliphatic rings. The average molecular weight is 353 g/mol. The lowest BCUT2D eigenvalue weighted by molar-refractivity contribution is 0.262. The van der Waals surface area contributed by atoms with Crippen molar-refractivity contribution in [1.82, 2.24) is 9.97 Å². The fourth-order valence-corrected chi connectivity index (χ4v) is 2.64. The molecule has 0 saturated heterocycles. The number of thiophene rings is 1. The third kappa shape index (κ3) is 4.09. The molecule has 6 N–H and O–H groups in total. The first-order valence-electron chi connectivity index (χ1n) is 7.24. The van der Waals surface area contributed by atoms with Gasteiger partial charge in [-0.25, -0.2) is 14.8 Å². The molecule has 3 rings (SSSR count). The summed E-state index contributed by atoms with van der Waals surface area (Å²) in [4.78, 5) is 19.8. The zero-order valence-electron chi connectivity index (χ0n) is 13.0. The maximum Gasteiger partial charge on any atom is 0.323 e. The quantitative estimate of drug-likeness (QED) is 0.448. The SMILES string of the molecule is N=Cc1c(N)ncnc1Nc1ccc(NC(=O)Nc2ccsc2)cc1. The number of hydrogen-bond donors (Lipinski definition) is 5. The van der Waals surface area contributed by atoms with Gasteiger partial charge in [0.15, 0.2) is 0 Å². The van der Waals surface area contributed by atoms with Gasteiger partial charge in [-0.2, -0.15) is 11.3 Å². The van der Waals surface area contributed by atoms with Gasteiger partial charge in [0.25, 0.3) is 0 Å². The molecule has 1 aromatic carbocycles. The minimum Gasteiger partial charge on any atom is -0.383 e.